The number of anilines is 1. The summed E-state index contributed by atoms with van der Waals surface area (Å²) >= 11 is 0. The zero-order valence-corrected chi connectivity index (χ0v) is 19.1. The highest BCUT2D eigenvalue weighted by molar-refractivity contribution is 6.02. The minimum atomic E-state index is -0.184. The third-order valence-electron chi connectivity index (χ3n) is 6.93. The standard InChI is InChI=1S/C27H23N5O3/c1-35-27(34)18-11-20(12-18)32-14-22(23-24(28)29-15-30-25(23)32)17-8-7-16-9-10-31(26(33)21(16)13-17)19-5-3-2-4-6-19/h2-10,13-15,18,20H,11-12H2,1H3,(H2,28,29,30). The van der Waals surface area contributed by atoms with Crippen LogP contribution in [0.15, 0.2) is 78.1 Å². The molecule has 0 unspecified atom stereocenters. The summed E-state index contributed by atoms with van der Waals surface area (Å²) in [7, 11) is 1.41. The van der Waals surface area contributed by atoms with Crippen molar-refractivity contribution in [2.75, 3.05) is 12.8 Å². The Morgan fingerprint density at radius 1 is 1.09 bits per heavy atom. The molecule has 8 heteroatoms. The summed E-state index contributed by atoms with van der Waals surface area (Å²) in [6.45, 7) is 0. The number of rotatable bonds is 4. The zero-order valence-electron chi connectivity index (χ0n) is 19.1. The maximum absolute atomic E-state index is 13.4. The molecule has 35 heavy (non-hydrogen) atoms. The number of hydrogen-bond donors (Lipinski definition) is 1. The van der Waals surface area contributed by atoms with Crippen molar-refractivity contribution in [3.05, 3.63) is 83.7 Å². The van der Waals surface area contributed by atoms with E-state index in [0.29, 0.717) is 24.0 Å². The van der Waals surface area contributed by atoms with Gasteiger partial charge in [0.25, 0.3) is 5.56 Å². The van der Waals surface area contributed by atoms with Crippen LogP contribution in [0.2, 0.25) is 0 Å². The van der Waals surface area contributed by atoms with E-state index in [0.717, 1.165) is 33.2 Å². The molecule has 2 aromatic carbocycles. The van der Waals surface area contributed by atoms with Gasteiger partial charge in [0.15, 0.2) is 0 Å². The lowest BCUT2D eigenvalue weighted by atomic mass is 9.80. The molecule has 1 fully saturated rings. The van der Waals surface area contributed by atoms with Crippen molar-refractivity contribution >= 4 is 33.6 Å². The molecule has 3 heterocycles. The number of nitrogens with zero attached hydrogens (tertiary/aromatic N) is 4. The van der Waals surface area contributed by atoms with Gasteiger partial charge in [-0.1, -0.05) is 30.3 Å². The molecule has 1 aliphatic rings. The molecule has 0 saturated heterocycles. The lowest BCUT2D eigenvalue weighted by Crippen LogP contribution is -2.33. The lowest BCUT2D eigenvalue weighted by Gasteiger charge is -2.34. The Hall–Kier alpha value is -4.46. The van der Waals surface area contributed by atoms with Gasteiger partial charge < -0.3 is 15.0 Å². The number of nitrogen functional groups attached to an aromatic ring is 1. The summed E-state index contributed by atoms with van der Waals surface area (Å²) in [5.41, 5.74) is 9.45. The summed E-state index contributed by atoms with van der Waals surface area (Å²) in [5.74, 6) is 0.0842. The number of benzene rings is 2. The number of carbonyl (C=O) groups excluding carboxylic acids is 1. The highest BCUT2D eigenvalue weighted by Gasteiger charge is 2.37. The van der Waals surface area contributed by atoms with Gasteiger partial charge in [-0.2, -0.15) is 0 Å². The second-order valence-electron chi connectivity index (χ2n) is 8.88. The molecular weight excluding hydrogens is 442 g/mol. The predicted molar refractivity (Wildman–Crippen MR) is 134 cm³/mol. The number of carbonyl (C=O) groups is 1. The quantitative estimate of drug-likeness (QED) is 0.401. The number of pyridine rings is 1. The van der Waals surface area contributed by atoms with Crippen LogP contribution >= 0.6 is 0 Å². The monoisotopic (exact) mass is 465 g/mol. The minimum Gasteiger partial charge on any atom is -0.469 e. The van der Waals surface area contributed by atoms with Gasteiger partial charge in [-0.15, -0.1) is 0 Å². The van der Waals surface area contributed by atoms with Gasteiger partial charge in [-0.3, -0.25) is 14.2 Å². The van der Waals surface area contributed by atoms with Gasteiger partial charge in [0.2, 0.25) is 0 Å². The van der Waals surface area contributed by atoms with E-state index in [-0.39, 0.29) is 23.5 Å². The fourth-order valence-corrected chi connectivity index (χ4v) is 4.98. The summed E-state index contributed by atoms with van der Waals surface area (Å²) in [5, 5.41) is 2.21. The molecule has 2 N–H and O–H groups in total. The van der Waals surface area contributed by atoms with Crippen LogP contribution in [-0.2, 0) is 9.53 Å². The predicted octanol–water partition coefficient (Wildman–Crippen LogP) is 4.11. The first kappa shape index (κ1) is 21.1. The first-order chi connectivity index (χ1) is 17.0. The molecule has 174 valence electrons. The first-order valence-corrected chi connectivity index (χ1v) is 11.4. The molecule has 0 aliphatic heterocycles. The van der Waals surface area contributed by atoms with Gasteiger partial charge in [-0.25, -0.2) is 9.97 Å². The number of esters is 1. The van der Waals surface area contributed by atoms with Crippen molar-refractivity contribution in [2.45, 2.75) is 18.9 Å². The van der Waals surface area contributed by atoms with Crippen molar-refractivity contribution in [1.82, 2.24) is 19.1 Å². The van der Waals surface area contributed by atoms with E-state index in [9.17, 15) is 9.59 Å². The smallest absolute Gasteiger partial charge is 0.308 e. The summed E-state index contributed by atoms with van der Waals surface area (Å²) in [4.78, 5) is 34.0. The van der Waals surface area contributed by atoms with Crippen LogP contribution in [-0.4, -0.2) is 32.2 Å². The Morgan fingerprint density at radius 3 is 2.66 bits per heavy atom. The minimum absolute atomic E-state index is 0.0941. The van der Waals surface area contributed by atoms with Crippen molar-refractivity contribution in [3.63, 3.8) is 0 Å². The second kappa shape index (κ2) is 8.09. The molecule has 1 saturated carbocycles. The van der Waals surface area contributed by atoms with E-state index >= 15 is 0 Å². The third kappa shape index (κ3) is 3.37. The van der Waals surface area contributed by atoms with Gasteiger partial charge in [0, 0.05) is 35.1 Å². The number of hydrogen-bond acceptors (Lipinski definition) is 6. The highest BCUT2D eigenvalue weighted by atomic mass is 16.5. The number of nitrogens with two attached hydrogens (primary N) is 1. The van der Waals surface area contributed by atoms with Crippen molar-refractivity contribution in [3.8, 4) is 16.8 Å². The van der Waals surface area contributed by atoms with Crippen LogP contribution in [0, 0.1) is 5.92 Å². The normalized spacial score (nSPS) is 17.4. The van der Waals surface area contributed by atoms with Crippen molar-refractivity contribution in [2.24, 2.45) is 5.92 Å². The fraction of sp³-hybridized carbons (Fsp3) is 0.185. The number of aromatic nitrogens is 4. The number of ether oxygens (including phenoxy) is 1. The molecule has 0 radical (unpaired) electrons. The number of fused-ring (bicyclic) bond motifs is 2. The van der Waals surface area contributed by atoms with Gasteiger partial charge >= 0.3 is 5.97 Å². The number of methoxy groups -OCH3 is 1. The second-order valence-corrected chi connectivity index (χ2v) is 8.88. The average Bonchev–Trinajstić information content (AvgIpc) is 3.24. The third-order valence-corrected chi connectivity index (χ3v) is 6.93. The Bertz CT molecular complexity index is 1650. The molecule has 0 atom stereocenters. The maximum Gasteiger partial charge on any atom is 0.308 e. The van der Waals surface area contributed by atoms with Crippen LogP contribution in [0.5, 0.6) is 0 Å². The maximum atomic E-state index is 13.4. The molecule has 1 aliphatic carbocycles. The van der Waals surface area contributed by atoms with Crippen molar-refractivity contribution < 1.29 is 9.53 Å². The van der Waals surface area contributed by atoms with Gasteiger partial charge in [-0.05, 0) is 48.1 Å². The van der Waals surface area contributed by atoms with Crippen LogP contribution in [0.4, 0.5) is 5.82 Å². The summed E-state index contributed by atoms with van der Waals surface area (Å²) < 4.78 is 8.60. The van der Waals surface area contributed by atoms with Crippen LogP contribution < -0.4 is 11.3 Å². The molecule has 0 spiro atoms. The fourth-order valence-electron chi connectivity index (χ4n) is 4.98. The van der Waals surface area contributed by atoms with E-state index in [4.69, 9.17) is 10.5 Å². The number of para-hydroxylation sites is 1. The Labute approximate surface area is 200 Å². The van der Waals surface area contributed by atoms with Gasteiger partial charge in [0.1, 0.15) is 17.8 Å². The Balaban J connectivity index is 1.48. The Kier molecular flexibility index (Phi) is 4.88. The molecule has 0 amide bonds. The molecule has 6 rings (SSSR count). The topological polar surface area (TPSA) is 105 Å². The molecule has 3 aromatic heterocycles. The molecular formula is C27H23N5O3. The summed E-state index contributed by atoms with van der Waals surface area (Å²) in [6, 6.07) is 17.4. The highest BCUT2D eigenvalue weighted by Crippen LogP contribution is 2.43. The van der Waals surface area contributed by atoms with E-state index in [1.165, 1.54) is 13.4 Å². The average molecular weight is 466 g/mol. The molecule has 0 bridgehead atoms. The largest absolute Gasteiger partial charge is 0.469 e. The van der Waals surface area contributed by atoms with Crippen LogP contribution in [0.3, 0.4) is 0 Å². The van der Waals surface area contributed by atoms with Gasteiger partial charge in [0.05, 0.1) is 18.4 Å². The first-order valence-electron chi connectivity index (χ1n) is 11.4. The van der Waals surface area contributed by atoms with E-state index in [2.05, 4.69) is 14.5 Å². The summed E-state index contributed by atoms with van der Waals surface area (Å²) in [6.07, 6.45) is 6.62. The molecule has 5 aromatic rings. The lowest BCUT2D eigenvalue weighted by molar-refractivity contribution is -0.149. The zero-order chi connectivity index (χ0) is 24.1. The van der Waals surface area contributed by atoms with Crippen molar-refractivity contribution in [1.29, 1.82) is 0 Å². The molecule has 8 nitrogen and oxygen atoms in total. The Morgan fingerprint density at radius 2 is 1.89 bits per heavy atom. The van der Waals surface area contributed by atoms with E-state index in [1.54, 1.807) is 10.8 Å². The van der Waals surface area contributed by atoms with E-state index < -0.39 is 0 Å². The van der Waals surface area contributed by atoms with Crippen LogP contribution in [0.25, 0.3) is 38.6 Å². The van der Waals surface area contributed by atoms with Crippen LogP contribution in [0.1, 0.15) is 18.9 Å². The SMILES string of the molecule is COC(=O)C1CC(n2cc(-c3ccc4ccn(-c5ccccc5)c(=O)c4c3)c3c(N)ncnc32)C1. The van der Waals surface area contributed by atoms with E-state index in [1.807, 2.05) is 60.8 Å².